The first-order valence-electron chi connectivity index (χ1n) is 15.4. The Balaban J connectivity index is 0.931. The second-order valence-electron chi connectivity index (χ2n) is 11.7. The number of methoxy groups -OCH3 is 1. The molecule has 0 aliphatic carbocycles. The summed E-state index contributed by atoms with van der Waals surface area (Å²) in [6, 6.07) is 18.1. The van der Waals surface area contributed by atoms with Crippen molar-refractivity contribution < 1.29 is 19.0 Å². The van der Waals surface area contributed by atoms with Gasteiger partial charge in [-0.05, 0) is 68.4 Å². The third kappa shape index (κ3) is 5.69. The number of hydrogen-bond acceptors (Lipinski definition) is 8. The van der Waals surface area contributed by atoms with Crippen molar-refractivity contribution in [3.05, 3.63) is 60.2 Å². The Labute approximate surface area is 257 Å². The fourth-order valence-electron chi connectivity index (χ4n) is 6.16. The summed E-state index contributed by atoms with van der Waals surface area (Å²) >= 11 is 0. The molecule has 44 heavy (non-hydrogen) atoms. The molecular weight excluding hydrogens is 556 g/mol. The van der Waals surface area contributed by atoms with Crippen molar-refractivity contribution in [1.82, 2.24) is 19.8 Å². The largest absolute Gasteiger partial charge is 0.493 e. The molecule has 2 fully saturated rings. The molecule has 0 saturated carbocycles. The van der Waals surface area contributed by atoms with Crippen LogP contribution in [0.2, 0.25) is 0 Å². The molecule has 228 valence electrons. The summed E-state index contributed by atoms with van der Waals surface area (Å²) in [6.07, 6.45) is 4.51. The summed E-state index contributed by atoms with van der Waals surface area (Å²) < 4.78 is 17.6. The molecule has 0 unspecified atom stereocenters. The van der Waals surface area contributed by atoms with Gasteiger partial charge in [0.2, 0.25) is 0 Å². The molecule has 4 aromatic rings. The first-order valence-corrected chi connectivity index (χ1v) is 15.4. The average molecular weight is 595 g/mol. The lowest BCUT2D eigenvalue weighted by atomic mass is 10.1. The van der Waals surface area contributed by atoms with Crippen molar-refractivity contribution in [3.8, 4) is 28.6 Å². The number of benzene rings is 3. The van der Waals surface area contributed by atoms with Gasteiger partial charge in [0.1, 0.15) is 11.6 Å². The highest BCUT2D eigenvalue weighted by Gasteiger charge is 2.32. The van der Waals surface area contributed by atoms with E-state index in [1.54, 1.807) is 19.2 Å². The fourth-order valence-corrected chi connectivity index (χ4v) is 6.16. The second kappa shape index (κ2) is 12.2. The maximum atomic E-state index is 13.1. The van der Waals surface area contributed by atoms with E-state index in [1.807, 2.05) is 35.4 Å². The van der Waals surface area contributed by atoms with E-state index in [1.165, 1.54) is 5.69 Å². The number of imidazole rings is 1. The Morgan fingerprint density at radius 2 is 1.75 bits per heavy atom. The lowest BCUT2D eigenvalue weighted by molar-refractivity contribution is 0.0774. The summed E-state index contributed by atoms with van der Waals surface area (Å²) in [5.41, 5.74) is 5.42. The lowest BCUT2D eigenvalue weighted by Crippen LogP contribution is -2.44. The summed E-state index contributed by atoms with van der Waals surface area (Å²) in [6.45, 7) is 5.93. The molecule has 1 amide bonds. The number of aromatic amines is 1. The minimum Gasteiger partial charge on any atom is -0.493 e. The SMILES string of the molecule is COc1cc2c(cc1OCCCOc1ccc(-c3nc4ccc(N5CCN(C)CC5)cc4[nH]3)cc1)N=C[C@@H]1CCCN1C2=O. The molecule has 1 N–H and O–H groups in total. The number of hydrogen-bond donors (Lipinski definition) is 1. The molecule has 10 nitrogen and oxygen atoms in total. The number of aliphatic imine (C=N–C) groups is 1. The Kier molecular flexibility index (Phi) is 7.82. The summed E-state index contributed by atoms with van der Waals surface area (Å²) in [5.74, 6) is 2.74. The van der Waals surface area contributed by atoms with Crippen molar-refractivity contribution in [2.24, 2.45) is 4.99 Å². The van der Waals surface area contributed by atoms with E-state index in [9.17, 15) is 4.79 Å². The number of amides is 1. The van der Waals surface area contributed by atoms with Crippen LogP contribution < -0.4 is 19.1 Å². The van der Waals surface area contributed by atoms with Gasteiger partial charge in [0.15, 0.2) is 11.5 Å². The number of ether oxygens (including phenoxy) is 3. The van der Waals surface area contributed by atoms with Crippen molar-refractivity contribution in [1.29, 1.82) is 0 Å². The Morgan fingerprint density at radius 1 is 0.932 bits per heavy atom. The molecule has 1 aromatic heterocycles. The fraction of sp³-hybridized carbons (Fsp3) is 0.382. The number of fused-ring (bicyclic) bond motifs is 3. The molecule has 3 aromatic carbocycles. The van der Waals surface area contributed by atoms with Gasteiger partial charge in [-0.1, -0.05) is 0 Å². The number of piperazine rings is 1. The van der Waals surface area contributed by atoms with Gasteiger partial charge in [0, 0.05) is 62.7 Å². The quantitative estimate of drug-likeness (QED) is 0.268. The van der Waals surface area contributed by atoms with Crippen LogP contribution in [0.3, 0.4) is 0 Å². The van der Waals surface area contributed by atoms with Crippen LogP contribution in [-0.4, -0.2) is 98.0 Å². The Morgan fingerprint density at radius 3 is 2.57 bits per heavy atom. The third-order valence-corrected chi connectivity index (χ3v) is 8.73. The zero-order valence-electron chi connectivity index (χ0n) is 25.3. The molecule has 1 atom stereocenters. The lowest BCUT2D eigenvalue weighted by Gasteiger charge is -2.34. The molecular formula is C34H38N6O4. The molecule has 7 rings (SSSR count). The predicted molar refractivity (Wildman–Crippen MR) is 172 cm³/mol. The molecule has 4 heterocycles. The number of rotatable bonds is 9. The topological polar surface area (TPSA) is 95.5 Å². The van der Waals surface area contributed by atoms with Crippen LogP contribution in [0.25, 0.3) is 22.4 Å². The van der Waals surface area contributed by atoms with Crippen LogP contribution in [-0.2, 0) is 0 Å². The number of nitrogens with one attached hydrogen (secondary N) is 1. The van der Waals surface area contributed by atoms with Crippen LogP contribution >= 0.6 is 0 Å². The van der Waals surface area contributed by atoms with Crippen LogP contribution in [0.4, 0.5) is 11.4 Å². The van der Waals surface area contributed by atoms with Gasteiger partial charge in [-0.25, -0.2) is 4.98 Å². The van der Waals surface area contributed by atoms with E-state index >= 15 is 0 Å². The minimum absolute atomic E-state index is 0.0000534. The van der Waals surface area contributed by atoms with E-state index in [-0.39, 0.29) is 11.9 Å². The Hall–Kier alpha value is -4.57. The van der Waals surface area contributed by atoms with Crippen LogP contribution in [0, 0.1) is 0 Å². The van der Waals surface area contributed by atoms with Gasteiger partial charge >= 0.3 is 0 Å². The van der Waals surface area contributed by atoms with Crippen molar-refractivity contribution in [2.75, 3.05) is 65.0 Å². The van der Waals surface area contributed by atoms with Crippen molar-refractivity contribution in [2.45, 2.75) is 25.3 Å². The highest BCUT2D eigenvalue weighted by Crippen LogP contribution is 2.38. The Bertz CT molecular complexity index is 1680. The van der Waals surface area contributed by atoms with Crippen molar-refractivity contribution >= 4 is 34.5 Å². The smallest absolute Gasteiger partial charge is 0.256 e. The maximum Gasteiger partial charge on any atom is 0.256 e. The van der Waals surface area contributed by atoms with Gasteiger partial charge in [0.05, 0.1) is 48.6 Å². The van der Waals surface area contributed by atoms with E-state index in [4.69, 9.17) is 19.2 Å². The van der Waals surface area contributed by atoms with E-state index in [0.29, 0.717) is 42.4 Å². The monoisotopic (exact) mass is 594 g/mol. The molecule has 10 heteroatoms. The minimum atomic E-state index is -0.0000534. The molecule has 0 radical (unpaired) electrons. The highest BCUT2D eigenvalue weighted by atomic mass is 16.5. The molecule has 2 saturated heterocycles. The van der Waals surface area contributed by atoms with Crippen molar-refractivity contribution in [3.63, 3.8) is 0 Å². The summed E-state index contributed by atoms with van der Waals surface area (Å²) in [5, 5.41) is 0. The van der Waals surface area contributed by atoms with Gasteiger partial charge in [-0.3, -0.25) is 9.79 Å². The second-order valence-corrected chi connectivity index (χ2v) is 11.7. The predicted octanol–water partition coefficient (Wildman–Crippen LogP) is 5.16. The first-order chi connectivity index (χ1) is 21.6. The van der Waals surface area contributed by atoms with Gasteiger partial charge in [-0.2, -0.15) is 0 Å². The van der Waals surface area contributed by atoms with E-state index in [2.05, 4.69) is 45.0 Å². The molecule has 0 bridgehead atoms. The zero-order chi connectivity index (χ0) is 30.0. The number of anilines is 1. The van der Waals surface area contributed by atoms with E-state index in [0.717, 1.165) is 73.7 Å². The highest BCUT2D eigenvalue weighted by molar-refractivity contribution is 6.03. The van der Waals surface area contributed by atoms with E-state index < -0.39 is 0 Å². The molecule has 3 aliphatic heterocycles. The maximum absolute atomic E-state index is 13.1. The zero-order valence-corrected chi connectivity index (χ0v) is 25.3. The number of aromatic nitrogens is 2. The number of carbonyl (C=O) groups is 1. The van der Waals surface area contributed by atoms with Gasteiger partial charge in [-0.15, -0.1) is 0 Å². The average Bonchev–Trinajstić information content (AvgIpc) is 3.68. The number of H-pyrrole nitrogens is 1. The molecule has 0 spiro atoms. The standard InChI is InChI=1S/C34H38N6O4/c1-38-13-15-39(16-14-38)24-8-11-28-30(19-24)37-33(36-28)23-6-9-26(10-7-23)43-17-4-18-44-32-21-29-27(20-31(32)42-2)34(41)40-12-3-5-25(40)22-35-29/h6-11,19-22,25H,3-5,12-18H2,1-2H3,(H,36,37)/t25-/m0/s1. The van der Waals surface area contributed by atoms with Gasteiger partial charge in [0.25, 0.3) is 5.91 Å². The summed E-state index contributed by atoms with van der Waals surface area (Å²) in [7, 11) is 3.76. The number of likely N-dealkylation sites (N-methyl/N-ethyl adjacent to an activating group) is 1. The van der Waals surface area contributed by atoms with Crippen LogP contribution in [0.1, 0.15) is 29.6 Å². The number of nitrogens with zero attached hydrogens (tertiary/aromatic N) is 5. The molecule has 3 aliphatic rings. The van der Waals surface area contributed by atoms with Gasteiger partial charge < -0.3 is 33.9 Å². The third-order valence-electron chi connectivity index (χ3n) is 8.73. The summed E-state index contributed by atoms with van der Waals surface area (Å²) in [4.78, 5) is 32.7. The number of carbonyl (C=O) groups excluding carboxylic acids is 1. The first kappa shape index (κ1) is 28.2. The van der Waals surface area contributed by atoms with Crippen LogP contribution in [0.5, 0.6) is 17.2 Å². The van der Waals surface area contributed by atoms with Crippen LogP contribution in [0.15, 0.2) is 59.6 Å². The normalized spacial score (nSPS) is 18.3.